The van der Waals surface area contributed by atoms with Gasteiger partial charge >= 0.3 is 0 Å². The van der Waals surface area contributed by atoms with Crippen molar-refractivity contribution < 1.29 is 4.79 Å². The van der Waals surface area contributed by atoms with Gasteiger partial charge in [-0.3, -0.25) is 4.79 Å². The van der Waals surface area contributed by atoms with Crippen molar-refractivity contribution in [3.05, 3.63) is 90.1 Å². The van der Waals surface area contributed by atoms with Gasteiger partial charge in [0.1, 0.15) is 5.82 Å². The van der Waals surface area contributed by atoms with Crippen LogP contribution in [0.1, 0.15) is 21.7 Å². The van der Waals surface area contributed by atoms with Gasteiger partial charge in [0.25, 0.3) is 5.91 Å². The molecule has 0 aliphatic rings. The highest BCUT2D eigenvalue weighted by molar-refractivity contribution is 6.06. The number of carbonyl (C=O) groups excluding carboxylic acids is 1. The van der Waals surface area contributed by atoms with Gasteiger partial charge in [0.2, 0.25) is 0 Å². The smallest absolute Gasteiger partial charge is 0.257 e. The van der Waals surface area contributed by atoms with E-state index in [-0.39, 0.29) is 5.91 Å². The van der Waals surface area contributed by atoms with Crippen LogP contribution in [-0.4, -0.2) is 25.2 Å². The number of pyridine rings is 1. The van der Waals surface area contributed by atoms with Gasteiger partial charge in [0, 0.05) is 30.0 Å². The monoisotopic (exact) mass is 357 g/mol. The number of hydrogen-bond donors (Lipinski definition) is 1. The maximum absolute atomic E-state index is 13.0. The van der Waals surface area contributed by atoms with E-state index < -0.39 is 0 Å². The molecule has 6 nitrogen and oxygen atoms in total. The van der Waals surface area contributed by atoms with Crippen LogP contribution in [0.15, 0.2) is 73.2 Å². The Morgan fingerprint density at radius 1 is 1.00 bits per heavy atom. The second-order valence-corrected chi connectivity index (χ2v) is 6.23. The lowest BCUT2D eigenvalue weighted by molar-refractivity contribution is 0.102. The van der Waals surface area contributed by atoms with Crippen LogP contribution >= 0.6 is 0 Å². The summed E-state index contributed by atoms with van der Waals surface area (Å²) in [6, 6.07) is 17.1. The van der Waals surface area contributed by atoms with Crippen LogP contribution in [0.3, 0.4) is 0 Å². The molecule has 0 bridgehead atoms. The van der Waals surface area contributed by atoms with Crippen LogP contribution in [0.5, 0.6) is 0 Å². The summed E-state index contributed by atoms with van der Waals surface area (Å²) in [6.07, 6.45) is 5.30. The van der Waals surface area contributed by atoms with Crippen molar-refractivity contribution in [3.63, 3.8) is 0 Å². The Kier molecular flexibility index (Phi) is 4.30. The first-order chi connectivity index (χ1) is 13.1. The van der Waals surface area contributed by atoms with Crippen molar-refractivity contribution in [2.24, 2.45) is 0 Å². The van der Waals surface area contributed by atoms with E-state index in [1.807, 2.05) is 79.2 Å². The molecule has 0 radical (unpaired) electrons. The van der Waals surface area contributed by atoms with Crippen molar-refractivity contribution in [2.45, 2.75) is 13.8 Å². The fraction of sp³-hybridized carbons (Fsp3) is 0.0952. The molecule has 134 valence electrons. The van der Waals surface area contributed by atoms with Gasteiger partial charge in [-0.1, -0.05) is 18.2 Å². The zero-order valence-corrected chi connectivity index (χ0v) is 15.1. The molecule has 0 unspecified atom stereocenters. The second kappa shape index (κ2) is 6.92. The van der Waals surface area contributed by atoms with Gasteiger partial charge in [-0.2, -0.15) is 5.10 Å². The maximum atomic E-state index is 13.0. The third-order valence-electron chi connectivity index (χ3n) is 4.46. The highest BCUT2D eigenvalue weighted by Crippen LogP contribution is 2.23. The Labute approximate surface area is 157 Å². The number of carbonyl (C=O) groups is 1. The lowest BCUT2D eigenvalue weighted by atomic mass is 10.2. The van der Waals surface area contributed by atoms with Crippen LogP contribution in [0, 0.1) is 13.8 Å². The van der Waals surface area contributed by atoms with E-state index in [2.05, 4.69) is 15.4 Å². The molecule has 4 rings (SSSR count). The molecule has 3 heterocycles. The first kappa shape index (κ1) is 16.8. The highest BCUT2D eigenvalue weighted by Gasteiger charge is 2.18. The molecule has 6 heteroatoms. The average Bonchev–Trinajstić information content (AvgIpc) is 3.31. The number of nitrogens with zero attached hydrogens (tertiary/aromatic N) is 4. The van der Waals surface area contributed by atoms with Crippen LogP contribution in [0.2, 0.25) is 0 Å². The van der Waals surface area contributed by atoms with Crippen molar-refractivity contribution in [1.82, 2.24) is 19.3 Å². The number of benzene rings is 1. The van der Waals surface area contributed by atoms with E-state index in [0.717, 1.165) is 22.9 Å². The number of anilines is 1. The molecule has 0 saturated heterocycles. The quantitative estimate of drug-likeness (QED) is 0.602. The minimum absolute atomic E-state index is 0.162. The minimum Gasteiger partial charge on any atom is -0.320 e. The lowest BCUT2D eigenvalue weighted by Gasteiger charge is -2.11. The van der Waals surface area contributed by atoms with Gasteiger partial charge in [-0.25, -0.2) is 9.67 Å². The molecule has 0 fully saturated rings. The summed E-state index contributed by atoms with van der Waals surface area (Å²) in [5, 5.41) is 7.27. The molecule has 0 spiro atoms. The van der Waals surface area contributed by atoms with Crippen molar-refractivity contribution in [1.29, 1.82) is 0 Å². The predicted molar refractivity (Wildman–Crippen MR) is 105 cm³/mol. The summed E-state index contributed by atoms with van der Waals surface area (Å²) in [5.41, 5.74) is 3.94. The number of amides is 1. The van der Waals surface area contributed by atoms with E-state index in [9.17, 15) is 4.79 Å². The Bertz CT molecular complexity index is 1080. The Morgan fingerprint density at radius 3 is 2.56 bits per heavy atom. The number of para-hydroxylation sites is 2. The Hall–Kier alpha value is -3.67. The van der Waals surface area contributed by atoms with Gasteiger partial charge in [0.05, 0.1) is 16.9 Å². The maximum Gasteiger partial charge on any atom is 0.257 e. The molecular formula is C21H19N5O. The minimum atomic E-state index is -0.162. The summed E-state index contributed by atoms with van der Waals surface area (Å²) in [7, 11) is 0. The first-order valence-electron chi connectivity index (χ1n) is 8.66. The fourth-order valence-electron chi connectivity index (χ4n) is 3.21. The zero-order valence-electron chi connectivity index (χ0n) is 15.1. The zero-order chi connectivity index (χ0) is 18.8. The number of hydrogen-bond acceptors (Lipinski definition) is 3. The molecular weight excluding hydrogens is 338 g/mol. The van der Waals surface area contributed by atoms with Gasteiger partial charge in [0.15, 0.2) is 0 Å². The van der Waals surface area contributed by atoms with Crippen LogP contribution < -0.4 is 5.32 Å². The van der Waals surface area contributed by atoms with Crippen molar-refractivity contribution in [3.8, 4) is 11.5 Å². The molecule has 0 aliphatic carbocycles. The first-order valence-corrected chi connectivity index (χ1v) is 8.66. The molecule has 27 heavy (non-hydrogen) atoms. The highest BCUT2D eigenvalue weighted by atomic mass is 16.1. The average molecular weight is 357 g/mol. The van der Waals surface area contributed by atoms with E-state index >= 15 is 0 Å². The van der Waals surface area contributed by atoms with Crippen LogP contribution in [-0.2, 0) is 0 Å². The van der Waals surface area contributed by atoms with Crippen LogP contribution in [0.4, 0.5) is 5.69 Å². The molecule has 0 aliphatic heterocycles. The standard InChI is InChI=1S/C21H19N5O/c1-15-14-17(16(2)26(15)20-10-5-6-11-22-20)21(27)24-18-8-3-4-9-19(18)25-13-7-12-23-25/h3-14H,1-2H3,(H,24,27). The van der Waals surface area contributed by atoms with Crippen molar-refractivity contribution in [2.75, 3.05) is 5.32 Å². The van der Waals surface area contributed by atoms with Gasteiger partial charge in [-0.05, 0) is 50.2 Å². The molecule has 1 aromatic carbocycles. The van der Waals surface area contributed by atoms with Crippen molar-refractivity contribution >= 4 is 11.6 Å². The molecule has 0 saturated carbocycles. The van der Waals surface area contributed by atoms with Crippen LogP contribution in [0.25, 0.3) is 11.5 Å². The molecule has 3 aromatic heterocycles. The fourth-order valence-corrected chi connectivity index (χ4v) is 3.21. The van der Waals surface area contributed by atoms with E-state index in [1.54, 1.807) is 17.1 Å². The number of aromatic nitrogens is 4. The van der Waals surface area contributed by atoms with E-state index in [1.165, 1.54) is 0 Å². The summed E-state index contributed by atoms with van der Waals surface area (Å²) in [5.74, 6) is 0.633. The van der Waals surface area contributed by atoms with Gasteiger partial charge in [-0.15, -0.1) is 0 Å². The lowest BCUT2D eigenvalue weighted by Crippen LogP contribution is -2.15. The topological polar surface area (TPSA) is 64.7 Å². The SMILES string of the molecule is Cc1cc(C(=O)Nc2ccccc2-n2cccn2)c(C)n1-c1ccccn1. The molecule has 1 N–H and O–H groups in total. The van der Waals surface area contributed by atoms with Gasteiger partial charge < -0.3 is 9.88 Å². The summed E-state index contributed by atoms with van der Waals surface area (Å²) in [6.45, 7) is 3.89. The third-order valence-corrected chi connectivity index (χ3v) is 4.46. The molecule has 0 atom stereocenters. The largest absolute Gasteiger partial charge is 0.320 e. The summed E-state index contributed by atoms with van der Waals surface area (Å²) < 4.78 is 3.71. The normalized spacial score (nSPS) is 10.7. The van der Waals surface area contributed by atoms with E-state index in [4.69, 9.17) is 0 Å². The summed E-state index contributed by atoms with van der Waals surface area (Å²) >= 11 is 0. The Balaban J connectivity index is 1.68. The molecule has 1 amide bonds. The number of nitrogens with one attached hydrogen (secondary N) is 1. The molecule has 4 aromatic rings. The predicted octanol–water partition coefficient (Wildman–Crippen LogP) is 3.93. The van der Waals surface area contributed by atoms with E-state index in [0.29, 0.717) is 11.3 Å². The second-order valence-electron chi connectivity index (χ2n) is 6.23. The third kappa shape index (κ3) is 3.13. The Morgan fingerprint density at radius 2 is 1.81 bits per heavy atom. The summed E-state index contributed by atoms with van der Waals surface area (Å²) in [4.78, 5) is 17.4. The number of rotatable bonds is 4. The number of aryl methyl sites for hydroxylation is 1.